The first-order valence-corrected chi connectivity index (χ1v) is 8.50. The van der Waals surface area contributed by atoms with Gasteiger partial charge in [0.1, 0.15) is 5.25 Å². The average molecular weight is 360 g/mol. The van der Waals surface area contributed by atoms with Crippen molar-refractivity contribution in [1.82, 2.24) is 5.06 Å². The second-order valence-corrected chi connectivity index (χ2v) is 7.44. The summed E-state index contributed by atoms with van der Waals surface area (Å²) in [6.45, 7) is 3.53. The summed E-state index contributed by atoms with van der Waals surface area (Å²) in [7, 11) is 0. The van der Waals surface area contributed by atoms with Crippen molar-refractivity contribution in [2.45, 2.75) is 38.4 Å². The van der Waals surface area contributed by atoms with Crippen LogP contribution < -0.4 is 0 Å². The molecule has 22 heavy (non-hydrogen) atoms. The average Bonchev–Trinajstić information content (AvgIpc) is 2.79. The van der Waals surface area contributed by atoms with E-state index in [1.54, 1.807) is 6.92 Å². The maximum absolute atomic E-state index is 12.0. The maximum atomic E-state index is 12.0. The van der Waals surface area contributed by atoms with Gasteiger partial charge in [0.05, 0.1) is 15.7 Å². The molecular formula is C13H16N2O4S3. The fraction of sp³-hybridized carbons (Fsp3) is 0.615. The lowest BCUT2D eigenvalue weighted by atomic mass is 9.89. The molecule has 1 aliphatic heterocycles. The number of hydrogen-bond donors (Lipinski definition) is 1. The van der Waals surface area contributed by atoms with Crippen molar-refractivity contribution in [2.75, 3.05) is 5.75 Å². The van der Waals surface area contributed by atoms with Gasteiger partial charge < -0.3 is 4.84 Å². The minimum atomic E-state index is -1.03. The molecule has 9 heteroatoms. The molecule has 2 atom stereocenters. The molecule has 1 heterocycles. The molecule has 0 N–H and O–H groups in total. The predicted molar refractivity (Wildman–Crippen MR) is 89.0 cm³/mol. The zero-order valence-electron chi connectivity index (χ0n) is 12.2. The molecule has 0 bridgehead atoms. The van der Waals surface area contributed by atoms with Crippen LogP contribution in [0.5, 0.6) is 0 Å². The summed E-state index contributed by atoms with van der Waals surface area (Å²) >= 11 is 10.7. The van der Waals surface area contributed by atoms with Crippen LogP contribution in [-0.2, 0) is 19.2 Å². The molecule has 1 aliphatic rings. The van der Waals surface area contributed by atoms with Gasteiger partial charge in [-0.3, -0.25) is 9.59 Å². The third-order valence-corrected chi connectivity index (χ3v) is 5.23. The standard InChI is InChI=1S/C13H16N2O4S3/c1-3-22-12(21)13(2,7-14)6-8(20)11(18)19-15-9(16)4-5-10(15)17/h8,20H,3-6H2,1-2H3. The second-order valence-electron chi connectivity index (χ2n) is 4.88. The highest BCUT2D eigenvalue weighted by atomic mass is 32.2. The third-order valence-electron chi connectivity index (χ3n) is 3.03. The number of carbonyl (C=O) groups is 3. The Morgan fingerprint density at radius 3 is 2.55 bits per heavy atom. The van der Waals surface area contributed by atoms with Crippen LogP contribution >= 0.6 is 36.6 Å². The van der Waals surface area contributed by atoms with Crippen molar-refractivity contribution >= 4 is 58.6 Å². The molecule has 0 spiro atoms. The van der Waals surface area contributed by atoms with Gasteiger partial charge in [-0.05, 0) is 19.1 Å². The Morgan fingerprint density at radius 1 is 1.55 bits per heavy atom. The van der Waals surface area contributed by atoms with E-state index in [0.29, 0.717) is 15.0 Å². The lowest BCUT2D eigenvalue weighted by Crippen LogP contribution is -2.37. The van der Waals surface area contributed by atoms with Gasteiger partial charge in [-0.15, -0.1) is 16.8 Å². The number of nitriles is 1. The molecule has 0 saturated carbocycles. The van der Waals surface area contributed by atoms with Crippen molar-refractivity contribution in [3.63, 3.8) is 0 Å². The Bertz CT molecular complexity index is 530. The number of hydroxylamine groups is 2. The Hall–Kier alpha value is -1.11. The fourth-order valence-electron chi connectivity index (χ4n) is 1.74. The summed E-state index contributed by atoms with van der Waals surface area (Å²) in [5.41, 5.74) is -1.03. The van der Waals surface area contributed by atoms with E-state index < -0.39 is 28.4 Å². The summed E-state index contributed by atoms with van der Waals surface area (Å²) in [4.78, 5) is 39.6. The lowest BCUT2D eigenvalue weighted by molar-refractivity contribution is -0.197. The zero-order chi connectivity index (χ0) is 16.9. The maximum Gasteiger partial charge on any atom is 0.345 e. The number of nitrogens with zero attached hydrogens (tertiary/aromatic N) is 2. The van der Waals surface area contributed by atoms with Gasteiger partial charge in [-0.2, -0.15) is 17.9 Å². The second kappa shape index (κ2) is 7.94. The van der Waals surface area contributed by atoms with Crippen LogP contribution in [-0.4, -0.2) is 38.0 Å². The molecule has 1 fully saturated rings. The molecule has 2 amide bonds. The van der Waals surface area contributed by atoms with E-state index in [0.717, 1.165) is 0 Å². The van der Waals surface area contributed by atoms with E-state index in [1.165, 1.54) is 11.8 Å². The van der Waals surface area contributed by atoms with E-state index in [9.17, 15) is 19.6 Å². The first-order valence-electron chi connectivity index (χ1n) is 6.59. The first-order chi connectivity index (χ1) is 10.2. The van der Waals surface area contributed by atoms with Gasteiger partial charge in [-0.25, -0.2) is 4.79 Å². The molecule has 0 aromatic rings. The van der Waals surface area contributed by atoms with E-state index in [-0.39, 0.29) is 19.3 Å². The van der Waals surface area contributed by atoms with Gasteiger partial charge in [0, 0.05) is 12.8 Å². The van der Waals surface area contributed by atoms with Gasteiger partial charge in [0.2, 0.25) is 0 Å². The van der Waals surface area contributed by atoms with Crippen molar-refractivity contribution in [3.8, 4) is 6.07 Å². The number of thiol groups is 1. The number of amides is 2. The summed E-state index contributed by atoms with van der Waals surface area (Å²) in [6.07, 6.45) is 0.0838. The van der Waals surface area contributed by atoms with E-state index in [1.807, 2.05) is 6.92 Å². The molecule has 0 aromatic heterocycles. The van der Waals surface area contributed by atoms with Gasteiger partial charge in [0.25, 0.3) is 11.8 Å². The molecular weight excluding hydrogens is 344 g/mol. The predicted octanol–water partition coefficient (Wildman–Crippen LogP) is 1.89. The monoisotopic (exact) mass is 360 g/mol. The summed E-state index contributed by atoms with van der Waals surface area (Å²) < 4.78 is 0.470. The molecule has 6 nitrogen and oxygen atoms in total. The van der Waals surface area contributed by atoms with Crippen molar-refractivity contribution in [3.05, 3.63) is 0 Å². The summed E-state index contributed by atoms with van der Waals surface area (Å²) in [6, 6.07) is 2.09. The number of thioether (sulfide) groups is 1. The molecule has 1 rings (SSSR count). The molecule has 0 aliphatic carbocycles. The van der Waals surface area contributed by atoms with Crippen LogP contribution in [0.1, 0.15) is 33.1 Å². The van der Waals surface area contributed by atoms with Crippen LogP contribution in [0, 0.1) is 16.7 Å². The topological polar surface area (TPSA) is 87.5 Å². The Labute approximate surface area is 143 Å². The lowest BCUT2D eigenvalue weighted by Gasteiger charge is -2.24. The number of thiocarbonyl (C=S) groups is 1. The van der Waals surface area contributed by atoms with Crippen LogP contribution in [0.15, 0.2) is 0 Å². The van der Waals surface area contributed by atoms with Gasteiger partial charge in [0.15, 0.2) is 0 Å². The van der Waals surface area contributed by atoms with E-state index in [2.05, 4.69) is 18.7 Å². The largest absolute Gasteiger partial charge is 0.345 e. The summed E-state index contributed by atoms with van der Waals surface area (Å²) in [5.74, 6) is -1.25. The minimum absolute atomic E-state index is 0.0243. The minimum Gasteiger partial charge on any atom is -0.329 e. The van der Waals surface area contributed by atoms with E-state index >= 15 is 0 Å². The highest BCUT2D eigenvalue weighted by molar-refractivity contribution is 8.23. The normalized spacial score (nSPS) is 18.5. The zero-order valence-corrected chi connectivity index (χ0v) is 14.7. The number of carbonyl (C=O) groups excluding carboxylic acids is 3. The Morgan fingerprint density at radius 2 is 2.09 bits per heavy atom. The van der Waals surface area contributed by atoms with Crippen molar-refractivity contribution in [1.29, 1.82) is 5.26 Å². The third kappa shape index (κ3) is 4.44. The molecule has 0 aromatic carbocycles. The number of imide groups is 1. The molecule has 120 valence electrons. The smallest absolute Gasteiger partial charge is 0.329 e. The SMILES string of the molecule is CCSC(=S)C(C)(C#N)CC(S)C(=O)ON1C(=O)CCC1=O. The van der Waals surface area contributed by atoms with E-state index in [4.69, 9.17) is 17.1 Å². The van der Waals surface area contributed by atoms with Gasteiger partial charge >= 0.3 is 5.97 Å². The summed E-state index contributed by atoms with van der Waals surface area (Å²) in [5, 5.41) is 8.82. The Balaban J connectivity index is 2.70. The molecule has 0 radical (unpaired) electrons. The fourth-order valence-corrected chi connectivity index (χ4v) is 3.35. The first kappa shape index (κ1) is 18.9. The molecule has 2 unspecified atom stereocenters. The van der Waals surface area contributed by atoms with Crippen molar-refractivity contribution < 1.29 is 19.2 Å². The number of hydrogen-bond acceptors (Lipinski definition) is 8. The highest BCUT2D eigenvalue weighted by Crippen LogP contribution is 2.32. The highest BCUT2D eigenvalue weighted by Gasteiger charge is 2.38. The quantitative estimate of drug-likeness (QED) is 0.440. The number of rotatable bonds is 6. The van der Waals surface area contributed by atoms with Crippen LogP contribution in [0.4, 0.5) is 0 Å². The molecule has 1 saturated heterocycles. The van der Waals surface area contributed by atoms with Gasteiger partial charge in [-0.1, -0.05) is 19.1 Å². The Kier molecular flexibility index (Phi) is 6.84. The van der Waals surface area contributed by atoms with Crippen LogP contribution in [0.25, 0.3) is 0 Å². The van der Waals surface area contributed by atoms with Crippen molar-refractivity contribution in [2.24, 2.45) is 5.41 Å². The van der Waals surface area contributed by atoms with Crippen LogP contribution in [0.2, 0.25) is 0 Å². The van der Waals surface area contributed by atoms with Crippen LogP contribution in [0.3, 0.4) is 0 Å².